The van der Waals surface area contributed by atoms with Crippen LogP contribution in [0.2, 0.25) is 0 Å². The van der Waals surface area contributed by atoms with Crippen molar-refractivity contribution < 1.29 is 0 Å². The van der Waals surface area contributed by atoms with Crippen LogP contribution < -0.4 is 5.32 Å². The second-order valence-corrected chi connectivity index (χ2v) is 5.53. The quantitative estimate of drug-likeness (QED) is 0.586. The number of hydrogen-bond donors (Lipinski definition) is 1. The van der Waals surface area contributed by atoms with Gasteiger partial charge in [0.15, 0.2) is 0 Å². The Balaban J connectivity index is 0. The third-order valence-corrected chi connectivity index (χ3v) is 2.27. The highest BCUT2D eigenvalue weighted by Crippen LogP contribution is 2.03. The molecule has 0 spiro atoms. The van der Waals surface area contributed by atoms with Crippen LogP contribution in [0.15, 0.2) is 0 Å². The van der Waals surface area contributed by atoms with E-state index in [1.807, 2.05) is 0 Å². The minimum atomic E-state index is 0.859. The average Bonchev–Trinajstić information content (AvgIpc) is 2.16. The van der Waals surface area contributed by atoms with Crippen LogP contribution in [0, 0.1) is 11.8 Å². The first kappa shape index (κ1) is 18.3. The van der Waals surface area contributed by atoms with Crippen LogP contribution in [0.25, 0.3) is 0 Å². The fourth-order valence-corrected chi connectivity index (χ4v) is 1.40. The SMILES string of the molecule is CC(C)CCCNCCCC(C)C.CCC. The molecular weight excluding hydrogens is 194 g/mol. The highest BCUT2D eigenvalue weighted by molar-refractivity contribution is 4.52. The molecule has 1 heteroatoms. The summed E-state index contributed by atoms with van der Waals surface area (Å²) in [6.45, 7) is 15.8. The van der Waals surface area contributed by atoms with Crippen molar-refractivity contribution >= 4 is 0 Å². The Labute approximate surface area is 104 Å². The zero-order chi connectivity index (χ0) is 12.8. The lowest BCUT2D eigenvalue weighted by molar-refractivity contribution is 0.498. The van der Waals surface area contributed by atoms with Gasteiger partial charge in [0.2, 0.25) is 0 Å². The smallest absolute Gasteiger partial charge is 0.00488 e. The Bertz CT molecular complexity index is 96.0. The lowest BCUT2D eigenvalue weighted by Gasteiger charge is -2.07. The van der Waals surface area contributed by atoms with E-state index in [1.165, 1.54) is 45.2 Å². The van der Waals surface area contributed by atoms with Crippen LogP contribution >= 0.6 is 0 Å². The maximum atomic E-state index is 3.50. The molecular formula is C15H35N. The molecule has 0 aromatic rings. The third kappa shape index (κ3) is 23.6. The summed E-state index contributed by atoms with van der Waals surface area (Å²) >= 11 is 0. The van der Waals surface area contributed by atoms with Gasteiger partial charge in [-0.2, -0.15) is 0 Å². The largest absolute Gasteiger partial charge is 0.317 e. The molecule has 0 aromatic heterocycles. The van der Waals surface area contributed by atoms with Gasteiger partial charge in [-0.05, 0) is 50.6 Å². The lowest BCUT2D eigenvalue weighted by atomic mass is 10.1. The molecule has 0 aromatic carbocycles. The maximum absolute atomic E-state index is 3.50. The van der Waals surface area contributed by atoms with E-state index < -0.39 is 0 Å². The van der Waals surface area contributed by atoms with Crippen LogP contribution in [0.4, 0.5) is 0 Å². The summed E-state index contributed by atoms with van der Waals surface area (Å²) < 4.78 is 0. The Morgan fingerprint density at radius 3 is 1.31 bits per heavy atom. The minimum Gasteiger partial charge on any atom is -0.317 e. The molecule has 0 aliphatic carbocycles. The molecule has 0 heterocycles. The zero-order valence-electron chi connectivity index (χ0n) is 12.6. The van der Waals surface area contributed by atoms with Crippen molar-refractivity contribution in [2.24, 2.45) is 11.8 Å². The Morgan fingerprint density at radius 2 is 1.06 bits per heavy atom. The van der Waals surface area contributed by atoms with Crippen molar-refractivity contribution in [1.29, 1.82) is 0 Å². The third-order valence-electron chi connectivity index (χ3n) is 2.27. The van der Waals surface area contributed by atoms with E-state index in [0.29, 0.717) is 0 Å². The summed E-state index contributed by atoms with van der Waals surface area (Å²) in [5, 5.41) is 3.50. The van der Waals surface area contributed by atoms with Crippen molar-refractivity contribution in [3.05, 3.63) is 0 Å². The van der Waals surface area contributed by atoms with Crippen LogP contribution in [0.3, 0.4) is 0 Å². The van der Waals surface area contributed by atoms with Crippen LogP contribution in [0.5, 0.6) is 0 Å². The molecule has 1 nitrogen and oxygen atoms in total. The molecule has 0 atom stereocenters. The van der Waals surface area contributed by atoms with Gasteiger partial charge >= 0.3 is 0 Å². The molecule has 1 N–H and O–H groups in total. The van der Waals surface area contributed by atoms with E-state index in [9.17, 15) is 0 Å². The Hall–Kier alpha value is -0.0400. The van der Waals surface area contributed by atoms with Crippen molar-refractivity contribution in [2.75, 3.05) is 13.1 Å². The molecule has 16 heavy (non-hydrogen) atoms. The maximum Gasteiger partial charge on any atom is -0.00488 e. The first-order valence-corrected chi connectivity index (χ1v) is 7.25. The molecule has 0 amide bonds. The van der Waals surface area contributed by atoms with Crippen LogP contribution in [-0.2, 0) is 0 Å². The summed E-state index contributed by atoms with van der Waals surface area (Å²) in [5.74, 6) is 1.72. The van der Waals surface area contributed by atoms with Gasteiger partial charge in [-0.15, -0.1) is 0 Å². The molecule has 0 fully saturated rings. The molecule has 0 bridgehead atoms. The highest BCUT2D eigenvalue weighted by Gasteiger charge is 1.95. The summed E-state index contributed by atoms with van der Waals surface area (Å²) in [7, 11) is 0. The average molecular weight is 229 g/mol. The summed E-state index contributed by atoms with van der Waals surface area (Å²) in [6, 6.07) is 0. The zero-order valence-corrected chi connectivity index (χ0v) is 12.6. The Kier molecular flexibility index (Phi) is 17.1. The molecule has 100 valence electrons. The van der Waals surface area contributed by atoms with E-state index in [0.717, 1.165) is 11.8 Å². The molecule has 0 radical (unpaired) electrons. The molecule has 0 unspecified atom stereocenters. The first-order chi connectivity index (χ1) is 7.54. The number of nitrogens with one attached hydrogen (secondary N) is 1. The molecule has 0 aliphatic rings. The van der Waals surface area contributed by atoms with Gasteiger partial charge in [-0.25, -0.2) is 0 Å². The van der Waals surface area contributed by atoms with Crippen LogP contribution in [-0.4, -0.2) is 13.1 Å². The fraction of sp³-hybridized carbons (Fsp3) is 1.00. The monoisotopic (exact) mass is 229 g/mol. The Morgan fingerprint density at radius 1 is 0.750 bits per heavy atom. The van der Waals surface area contributed by atoms with Gasteiger partial charge in [0, 0.05) is 0 Å². The van der Waals surface area contributed by atoms with Gasteiger partial charge in [0.1, 0.15) is 0 Å². The number of rotatable bonds is 8. The standard InChI is InChI=1S/C12H27N.C3H8/c1-11(2)7-5-9-13-10-6-8-12(3)4;1-3-2/h11-13H,5-10H2,1-4H3;3H2,1-2H3. The van der Waals surface area contributed by atoms with Crippen molar-refractivity contribution in [3.63, 3.8) is 0 Å². The van der Waals surface area contributed by atoms with E-state index in [-0.39, 0.29) is 0 Å². The van der Waals surface area contributed by atoms with E-state index in [1.54, 1.807) is 0 Å². The molecule has 0 saturated heterocycles. The second-order valence-electron chi connectivity index (χ2n) is 5.53. The number of hydrogen-bond acceptors (Lipinski definition) is 1. The molecule has 0 saturated carbocycles. The predicted molar refractivity (Wildman–Crippen MR) is 77.0 cm³/mol. The van der Waals surface area contributed by atoms with Crippen molar-refractivity contribution in [3.8, 4) is 0 Å². The van der Waals surface area contributed by atoms with Gasteiger partial charge < -0.3 is 5.32 Å². The molecule has 0 aliphatic heterocycles. The minimum absolute atomic E-state index is 0.859. The summed E-state index contributed by atoms with van der Waals surface area (Å²) in [6.07, 6.45) is 6.63. The van der Waals surface area contributed by atoms with Crippen molar-refractivity contribution in [1.82, 2.24) is 5.32 Å². The van der Waals surface area contributed by atoms with Gasteiger partial charge in [-0.1, -0.05) is 48.0 Å². The summed E-state index contributed by atoms with van der Waals surface area (Å²) in [5.41, 5.74) is 0. The van der Waals surface area contributed by atoms with Gasteiger partial charge in [-0.3, -0.25) is 0 Å². The fourth-order valence-electron chi connectivity index (χ4n) is 1.40. The van der Waals surface area contributed by atoms with Crippen molar-refractivity contribution in [2.45, 2.75) is 73.6 Å². The summed E-state index contributed by atoms with van der Waals surface area (Å²) in [4.78, 5) is 0. The van der Waals surface area contributed by atoms with E-state index >= 15 is 0 Å². The van der Waals surface area contributed by atoms with Gasteiger partial charge in [0.25, 0.3) is 0 Å². The molecule has 0 rings (SSSR count). The first-order valence-electron chi connectivity index (χ1n) is 7.25. The second kappa shape index (κ2) is 15.0. The highest BCUT2D eigenvalue weighted by atomic mass is 14.8. The topological polar surface area (TPSA) is 12.0 Å². The van der Waals surface area contributed by atoms with E-state index in [4.69, 9.17) is 0 Å². The lowest BCUT2D eigenvalue weighted by Crippen LogP contribution is -2.17. The van der Waals surface area contributed by atoms with Crippen LogP contribution in [0.1, 0.15) is 73.6 Å². The normalized spacial score (nSPS) is 10.5. The predicted octanol–water partition coefficient (Wildman–Crippen LogP) is 4.86. The van der Waals surface area contributed by atoms with E-state index in [2.05, 4.69) is 46.9 Å². The van der Waals surface area contributed by atoms with Gasteiger partial charge in [0.05, 0.1) is 0 Å².